The molecule has 0 aromatic heterocycles. The second-order valence-corrected chi connectivity index (χ2v) is 8.13. The molecule has 0 spiro atoms. The lowest BCUT2D eigenvalue weighted by molar-refractivity contribution is 0.104. The minimum absolute atomic E-state index is 0. The van der Waals surface area contributed by atoms with E-state index in [0.29, 0.717) is 36.8 Å². The predicted octanol–water partition coefficient (Wildman–Crippen LogP) is 6.35. The van der Waals surface area contributed by atoms with Crippen molar-refractivity contribution in [3.05, 3.63) is 109 Å². The largest absolute Gasteiger partial charge is 0.321 e. The highest BCUT2D eigenvalue weighted by Crippen LogP contribution is 2.41. The van der Waals surface area contributed by atoms with Gasteiger partial charge in [0.2, 0.25) is 0 Å². The van der Waals surface area contributed by atoms with Gasteiger partial charge in [0, 0.05) is 22.2 Å². The van der Waals surface area contributed by atoms with Crippen LogP contribution in [0.3, 0.4) is 0 Å². The number of carbonyl (C=O) groups is 1. The van der Waals surface area contributed by atoms with Gasteiger partial charge < -0.3 is 11.5 Å². The number of nitrogens with two attached hydrogens (primary N) is 2. The van der Waals surface area contributed by atoms with Crippen LogP contribution in [0.15, 0.2) is 87.0 Å². The van der Waals surface area contributed by atoms with E-state index in [-0.39, 0.29) is 30.6 Å². The Balaban J connectivity index is 0.00000256. The van der Waals surface area contributed by atoms with Crippen molar-refractivity contribution >= 4 is 30.6 Å². The van der Waals surface area contributed by atoms with Crippen molar-refractivity contribution in [3.63, 3.8) is 0 Å². The molecule has 1 aliphatic rings. The molecule has 170 valence electrons. The summed E-state index contributed by atoms with van der Waals surface area (Å²) in [7, 11) is 0. The maximum atomic E-state index is 13.3. The number of halogens is 2. The van der Waals surface area contributed by atoms with Crippen LogP contribution >= 0.6 is 24.8 Å². The first-order valence-corrected chi connectivity index (χ1v) is 10.2. The maximum Gasteiger partial charge on any atom is 0.194 e. The fourth-order valence-electron chi connectivity index (χ4n) is 4.37. The first kappa shape index (κ1) is 27.6. The molecule has 0 radical (unpaired) electrons. The smallest absolute Gasteiger partial charge is 0.194 e. The maximum absolute atomic E-state index is 13.3. The summed E-state index contributed by atoms with van der Waals surface area (Å²) in [5, 5.41) is 0. The van der Waals surface area contributed by atoms with Crippen LogP contribution in [0.4, 0.5) is 0 Å². The first-order valence-electron chi connectivity index (χ1n) is 10.2. The van der Waals surface area contributed by atoms with Crippen LogP contribution < -0.4 is 11.5 Å². The summed E-state index contributed by atoms with van der Waals surface area (Å²) in [5.41, 5.74) is 17.1. The topological polar surface area (TPSA) is 69.1 Å². The standard InChI is InChI=1S/C27H30N2O.2ClH/c1-5-13-26(28,14-6-2)19-9-11-21-22-12-10-20(27(29,15-7-3)16-8-4)18-24(22)25(30)23(21)17-19;;/h5-12,17-18H,1-4,13-16,28-29H2;2*1H. The number of benzene rings is 2. The molecule has 0 aliphatic heterocycles. The zero-order valence-electron chi connectivity index (χ0n) is 18.3. The molecule has 0 amide bonds. The second kappa shape index (κ2) is 10.9. The molecular weight excluding hydrogens is 439 g/mol. The summed E-state index contributed by atoms with van der Waals surface area (Å²) in [6.07, 6.45) is 9.62. The van der Waals surface area contributed by atoms with E-state index in [1.807, 2.05) is 36.4 Å². The molecule has 2 aromatic rings. The third-order valence-electron chi connectivity index (χ3n) is 6.00. The molecule has 0 unspecified atom stereocenters. The molecule has 0 saturated heterocycles. The van der Waals surface area contributed by atoms with E-state index in [1.54, 1.807) is 24.3 Å². The second-order valence-electron chi connectivity index (χ2n) is 8.13. The third-order valence-corrected chi connectivity index (χ3v) is 6.00. The number of rotatable bonds is 10. The van der Waals surface area contributed by atoms with Crippen molar-refractivity contribution in [2.24, 2.45) is 11.5 Å². The average Bonchev–Trinajstić information content (AvgIpc) is 3.00. The molecule has 3 rings (SSSR count). The average molecular weight is 471 g/mol. The van der Waals surface area contributed by atoms with Crippen molar-refractivity contribution < 1.29 is 4.79 Å². The van der Waals surface area contributed by atoms with Crippen molar-refractivity contribution in [2.45, 2.75) is 36.8 Å². The van der Waals surface area contributed by atoms with Gasteiger partial charge in [0.1, 0.15) is 0 Å². The van der Waals surface area contributed by atoms with E-state index < -0.39 is 11.1 Å². The van der Waals surface area contributed by atoms with Crippen LogP contribution in [0, 0.1) is 0 Å². The Hall–Kier alpha value is -2.43. The summed E-state index contributed by atoms with van der Waals surface area (Å²) >= 11 is 0. The summed E-state index contributed by atoms with van der Waals surface area (Å²) in [4.78, 5) is 13.3. The predicted molar refractivity (Wildman–Crippen MR) is 141 cm³/mol. The van der Waals surface area contributed by atoms with Gasteiger partial charge in [0.25, 0.3) is 0 Å². The molecule has 2 aromatic carbocycles. The van der Waals surface area contributed by atoms with Crippen LogP contribution in [0.25, 0.3) is 11.1 Å². The Morgan fingerprint density at radius 3 is 1.22 bits per heavy atom. The van der Waals surface area contributed by atoms with Crippen LogP contribution in [-0.2, 0) is 11.1 Å². The Morgan fingerprint density at radius 1 is 0.625 bits per heavy atom. The Kier molecular flexibility index (Phi) is 9.43. The minimum Gasteiger partial charge on any atom is -0.321 e. The monoisotopic (exact) mass is 470 g/mol. The van der Waals surface area contributed by atoms with Crippen molar-refractivity contribution in [2.75, 3.05) is 0 Å². The molecule has 4 N–H and O–H groups in total. The Bertz CT molecular complexity index is 940. The number of fused-ring (bicyclic) bond motifs is 3. The molecule has 0 bridgehead atoms. The van der Waals surface area contributed by atoms with Gasteiger partial charge >= 0.3 is 0 Å². The lowest BCUT2D eigenvalue weighted by Crippen LogP contribution is -2.35. The molecule has 0 fully saturated rings. The van der Waals surface area contributed by atoms with E-state index in [0.717, 1.165) is 22.3 Å². The third kappa shape index (κ3) is 4.82. The van der Waals surface area contributed by atoms with E-state index in [1.165, 1.54) is 0 Å². The van der Waals surface area contributed by atoms with Gasteiger partial charge in [-0.25, -0.2) is 0 Å². The molecule has 32 heavy (non-hydrogen) atoms. The van der Waals surface area contributed by atoms with Crippen molar-refractivity contribution in [1.82, 2.24) is 0 Å². The fraction of sp³-hybridized carbons (Fsp3) is 0.222. The summed E-state index contributed by atoms with van der Waals surface area (Å²) in [5.74, 6) is 0.00260. The number of hydrogen-bond acceptors (Lipinski definition) is 3. The highest BCUT2D eigenvalue weighted by atomic mass is 35.5. The van der Waals surface area contributed by atoms with Crippen molar-refractivity contribution in [1.29, 1.82) is 0 Å². The van der Waals surface area contributed by atoms with Gasteiger partial charge in [0.15, 0.2) is 5.78 Å². The molecule has 1 aliphatic carbocycles. The molecule has 0 saturated carbocycles. The number of carbonyl (C=O) groups excluding carboxylic acids is 1. The Labute approximate surface area is 203 Å². The lowest BCUT2D eigenvalue weighted by Gasteiger charge is -2.28. The van der Waals surface area contributed by atoms with E-state index in [9.17, 15) is 4.79 Å². The molecule has 3 nitrogen and oxygen atoms in total. The van der Waals surface area contributed by atoms with Gasteiger partial charge in [-0.3, -0.25) is 4.79 Å². The highest BCUT2D eigenvalue weighted by molar-refractivity contribution is 6.21. The van der Waals surface area contributed by atoms with E-state index in [4.69, 9.17) is 11.5 Å². The summed E-state index contributed by atoms with van der Waals surface area (Å²) in [6, 6.07) is 11.8. The fourth-order valence-corrected chi connectivity index (χ4v) is 4.37. The molecular formula is C27H32Cl2N2O. The van der Waals surface area contributed by atoms with E-state index >= 15 is 0 Å². The minimum atomic E-state index is -0.626. The van der Waals surface area contributed by atoms with Crippen LogP contribution in [-0.4, -0.2) is 5.78 Å². The molecule has 0 atom stereocenters. The van der Waals surface area contributed by atoms with Gasteiger partial charge in [-0.15, -0.1) is 51.1 Å². The van der Waals surface area contributed by atoms with Gasteiger partial charge in [-0.05, 0) is 60.1 Å². The zero-order valence-corrected chi connectivity index (χ0v) is 19.9. The first-order chi connectivity index (χ1) is 14.3. The molecule has 0 heterocycles. The summed E-state index contributed by atoms with van der Waals surface area (Å²) in [6.45, 7) is 15.3. The van der Waals surface area contributed by atoms with Crippen molar-refractivity contribution in [3.8, 4) is 11.1 Å². The summed E-state index contributed by atoms with van der Waals surface area (Å²) < 4.78 is 0. The van der Waals surface area contributed by atoms with Gasteiger partial charge in [-0.2, -0.15) is 0 Å². The SMILES string of the molecule is C=CCC(N)(CC=C)c1ccc2c(c1)C(=O)c1cc(C(N)(CC=C)CC=C)ccc1-2.Cl.Cl. The van der Waals surface area contributed by atoms with Crippen LogP contribution in [0.5, 0.6) is 0 Å². The Morgan fingerprint density at radius 2 is 0.938 bits per heavy atom. The van der Waals surface area contributed by atoms with Crippen LogP contribution in [0.2, 0.25) is 0 Å². The highest BCUT2D eigenvalue weighted by Gasteiger charge is 2.33. The van der Waals surface area contributed by atoms with E-state index in [2.05, 4.69) is 26.3 Å². The van der Waals surface area contributed by atoms with Gasteiger partial charge in [-0.1, -0.05) is 48.6 Å². The lowest BCUT2D eigenvalue weighted by atomic mass is 9.83. The number of hydrogen-bond donors (Lipinski definition) is 2. The molecule has 5 heteroatoms. The normalized spacial score (nSPS) is 12.0. The number of ketones is 1. The quantitative estimate of drug-likeness (QED) is 0.339. The zero-order chi connectivity index (χ0) is 21.9. The van der Waals surface area contributed by atoms with Crippen LogP contribution in [0.1, 0.15) is 52.7 Å². The van der Waals surface area contributed by atoms with Gasteiger partial charge in [0.05, 0.1) is 0 Å².